The van der Waals surface area contributed by atoms with E-state index >= 15 is 0 Å². The number of nitrogens with one attached hydrogen (secondary N) is 1. The van der Waals surface area contributed by atoms with Crippen molar-refractivity contribution in [2.24, 2.45) is 5.73 Å². The second-order valence-corrected chi connectivity index (χ2v) is 3.71. The molecule has 82 valence electrons. The molecule has 1 rings (SSSR count). The van der Waals surface area contributed by atoms with Crippen LogP contribution in [0.2, 0.25) is 0 Å². The van der Waals surface area contributed by atoms with Gasteiger partial charge < -0.3 is 16.8 Å². The van der Waals surface area contributed by atoms with E-state index in [4.69, 9.17) is 11.5 Å². The van der Waals surface area contributed by atoms with Gasteiger partial charge in [-0.05, 0) is 26.0 Å². The maximum absolute atomic E-state index is 11.7. The monoisotopic (exact) mass is 207 g/mol. The minimum atomic E-state index is -0.182. The molecule has 0 saturated carbocycles. The maximum Gasteiger partial charge on any atom is 0.253 e. The molecule has 5 N–H and O–H groups in total. The Kier molecular flexibility index (Phi) is 3.68. The fourth-order valence-electron chi connectivity index (χ4n) is 1.12. The molecule has 2 unspecified atom stereocenters. The van der Waals surface area contributed by atoms with Crippen molar-refractivity contribution < 1.29 is 4.79 Å². The Hall–Kier alpha value is -1.55. The van der Waals surface area contributed by atoms with Gasteiger partial charge in [0, 0.05) is 17.8 Å². The van der Waals surface area contributed by atoms with Gasteiger partial charge in [-0.2, -0.15) is 0 Å². The maximum atomic E-state index is 11.7. The Labute approximate surface area is 89.6 Å². The van der Waals surface area contributed by atoms with Crippen molar-refractivity contribution in [2.45, 2.75) is 25.9 Å². The molecule has 1 aromatic carbocycles. The van der Waals surface area contributed by atoms with Crippen molar-refractivity contribution in [1.82, 2.24) is 5.32 Å². The zero-order chi connectivity index (χ0) is 11.4. The summed E-state index contributed by atoms with van der Waals surface area (Å²) >= 11 is 0. The SMILES string of the molecule is CC(N)C(C)NC(=O)c1ccccc1N. The highest BCUT2D eigenvalue weighted by molar-refractivity contribution is 5.99. The molecule has 0 aliphatic rings. The molecule has 0 spiro atoms. The number of para-hydroxylation sites is 1. The Morgan fingerprint density at radius 1 is 1.33 bits per heavy atom. The number of benzene rings is 1. The van der Waals surface area contributed by atoms with Crippen LogP contribution in [-0.2, 0) is 0 Å². The molecule has 4 heteroatoms. The molecular weight excluding hydrogens is 190 g/mol. The van der Waals surface area contributed by atoms with E-state index in [0.717, 1.165) is 0 Å². The minimum absolute atomic E-state index is 0.0721. The lowest BCUT2D eigenvalue weighted by atomic mass is 10.1. The van der Waals surface area contributed by atoms with Crippen molar-refractivity contribution in [2.75, 3.05) is 5.73 Å². The van der Waals surface area contributed by atoms with Gasteiger partial charge in [0.15, 0.2) is 0 Å². The molecule has 0 aliphatic heterocycles. The Morgan fingerprint density at radius 2 is 1.93 bits per heavy atom. The van der Waals surface area contributed by atoms with Crippen molar-refractivity contribution in [3.05, 3.63) is 29.8 Å². The molecular formula is C11H17N3O. The van der Waals surface area contributed by atoms with Crippen LogP contribution in [0.15, 0.2) is 24.3 Å². The number of amides is 1. The van der Waals surface area contributed by atoms with Crippen molar-refractivity contribution >= 4 is 11.6 Å². The lowest BCUT2D eigenvalue weighted by molar-refractivity contribution is 0.0936. The van der Waals surface area contributed by atoms with Gasteiger partial charge in [-0.15, -0.1) is 0 Å². The fraction of sp³-hybridized carbons (Fsp3) is 0.364. The summed E-state index contributed by atoms with van der Waals surface area (Å²) < 4.78 is 0. The smallest absolute Gasteiger partial charge is 0.253 e. The second kappa shape index (κ2) is 4.79. The molecule has 0 radical (unpaired) electrons. The summed E-state index contributed by atoms with van der Waals surface area (Å²) in [5, 5.41) is 2.79. The summed E-state index contributed by atoms with van der Waals surface area (Å²) in [6, 6.07) is 6.81. The quantitative estimate of drug-likeness (QED) is 0.639. The third-order valence-corrected chi connectivity index (χ3v) is 2.35. The van der Waals surface area contributed by atoms with Crippen molar-refractivity contribution in [3.8, 4) is 0 Å². The molecule has 1 aromatic rings. The molecule has 0 heterocycles. The topological polar surface area (TPSA) is 81.1 Å². The lowest BCUT2D eigenvalue weighted by Gasteiger charge is -2.17. The van der Waals surface area contributed by atoms with Crippen LogP contribution in [-0.4, -0.2) is 18.0 Å². The number of rotatable bonds is 3. The van der Waals surface area contributed by atoms with E-state index < -0.39 is 0 Å². The highest BCUT2D eigenvalue weighted by Gasteiger charge is 2.14. The van der Waals surface area contributed by atoms with Crippen LogP contribution in [0.5, 0.6) is 0 Å². The van der Waals surface area contributed by atoms with Crippen LogP contribution in [0.1, 0.15) is 24.2 Å². The van der Waals surface area contributed by atoms with Gasteiger partial charge in [0.1, 0.15) is 0 Å². The molecule has 0 aliphatic carbocycles. The van der Waals surface area contributed by atoms with Crippen LogP contribution in [0.25, 0.3) is 0 Å². The lowest BCUT2D eigenvalue weighted by Crippen LogP contribution is -2.44. The van der Waals surface area contributed by atoms with Crippen LogP contribution in [0.4, 0.5) is 5.69 Å². The molecule has 2 atom stereocenters. The number of carbonyl (C=O) groups excluding carboxylic acids is 1. The molecule has 0 aromatic heterocycles. The third-order valence-electron chi connectivity index (χ3n) is 2.35. The summed E-state index contributed by atoms with van der Waals surface area (Å²) in [7, 11) is 0. The molecule has 4 nitrogen and oxygen atoms in total. The molecule has 0 saturated heterocycles. The standard InChI is InChI=1S/C11H17N3O/c1-7(12)8(2)14-11(15)9-5-3-4-6-10(9)13/h3-8H,12-13H2,1-2H3,(H,14,15). The van der Waals surface area contributed by atoms with Crippen molar-refractivity contribution in [3.63, 3.8) is 0 Å². The Bertz CT molecular complexity index is 349. The first-order valence-corrected chi connectivity index (χ1v) is 4.93. The van der Waals surface area contributed by atoms with Gasteiger partial charge in [-0.1, -0.05) is 12.1 Å². The summed E-state index contributed by atoms with van der Waals surface area (Å²) in [4.78, 5) is 11.7. The van der Waals surface area contributed by atoms with E-state index in [0.29, 0.717) is 11.3 Å². The van der Waals surface area contributed by atoms with Crippen LogP contribution in [0, 0.1) is 0 Å². The first-order chi connectivity index (χ1) is 7.02. The molecule has 0 fully saturated rings. The predicted molar refractivity (Wildman–Crippen MR) is 61.4 cm³/mol. The number of hydrogen-bond acceptors (Lipinski definition) is 3. The summed E-state index contributed by atoms with van der Waals surface area (Å²) in [5.41, 5.74) is 12.3. The first-order valence-electron chi connectivity index (χ1n) is 4.93. The van der Waals surface area contributed by atoms with E-state index in [9.17, 15) is 4.79 Å². The van der Waals surface area contributed by atoms with Gasteiger partial charge in [0.2, 0.25) is 0 Å². The van der Waals surface area contributed by atoms with Crippen molar-refractivity contribution in [1.29, 1.82) is 0 Å². The average molecular weight is 207 g/mol. The van der Waals surface area contributed by atoms with E-state index in [1.54, 1.807) is 24.3 Å². The third kappa shape index (κ3) is 2.95. The second-order valence-electron chi connectivity index (χ2n) is 3.71. The van der Waals surface area contributed by atoms with E-state index in [1.807, 2.05) is 13.8 Å². The molecule has 0 bridgehead atoms. The number of nitrogens with two attached hydrogens (primary N) is 2. The number of nitrogen functional groups attached to an aromatic ring is 1. The van der Waals surface area contributed by atoms with Crippen LogP contribution < -0.4 is 16.8 Å². The fourth-order valence-corrected chi connectivity index (χ4v) is 1.12. The van der Waals surface area contributed by atoms with Crippen LogP contribution in [0.3, 0.4) is 0 Å². The summed E-state index contributed by atoms with van der Waals surface area (Å²) in [6.45, 7) is 3.71. The zero-order valence-corrected chi connectivity index (χ0v) is 9.03. The first kappa shape index (κ1) is 11.5. The Balaban J connectivity index is 2.74. The average Bonchev–Trinajstić information content (AvgIpc) is 2.18. The Morgan fingerprint density at radius 3 is 2.47 bits per heavy atom. The zero-order valence-electron chi connectivity index (χ0n) is 9.03. The number of hydrogen-bond donors (Lipinski definition) is 3. The normalized spacial score (nSPS) is 14.3. The van der Waals surface area contributed by atoms with E-state index in [1.165, 1.54) is 0 Å². The molecule has 15 heavy (non-hydrogen) atoms. The van der Waals surface area contributed by atoms with Gasteiger partial charge in [-0.3, -0.25) is 4.79 Å². The minimum Gasteiger partial charge on any atom is -0.398 e. The molecule has 1 amide bonds. The van der Waals surface area contributed by atoms with E-state index in [-0.39, 0.29) is 18.0 Å². The van der Waals surface area contributed by atoms with Gasteiger partial charge in [0.05, 0.1) is 5.56 Å². The van der Waals surface area contributed by atoms with Gasteiger partial charge in [0.25, 0.3) is 5.91 Å². The largest absolute Gasteiger partial charge is 0.398 e. The summed E-state index contributed by atoms with van der Waals surface area (Å²) in [5.74, 6) is -0.182. The van der Waals surface area contributed by atoms with E-state index in [2.05, 4.69) is 5.32 Å². The van der Waals surface area contributed by atoms with Gasteiger partial charge in [-0.25, -0.2) is 0 Å². The van der Waals surface area contributed by atoms with Gasteiger partial charge >= 0.3 is 0 Å². The van der Waals surface area contributed by atoms with Crippen LogP contribution >= 0.6 is 0 Å². The highest BCUT2D eigenvalue weighted by atomic mass is 16.1. The number of carbonyl (C=O) groups is 1. The summed E-state index contributed by atoms with van der Waals surface area (Å²) in [6.07, 6.45) is 0. The highest BCUT2D eigenvalue weighted by Crippen LogP contribution is 2.10. The predicted octanol–water partition coefficient (Wildman–Crippen LogP) is 0.734. The number of anilines is 1.